The Morgan fingerprint density at radius 3 is 2.64 bits per heavy atom. The summed E-state index contributed by atoms with van der Waals surface area (Å²) < 4.78 is 0. The van der Waals surface area contributed by atoms with Gasteiger partial charge in [0.1, 0.15) is 0 Å². The molecule has 68 valence electrons. The molecule has 0 aliphatic rings. The van der Waals surface area contributed by atoms with Crippen LogP contribution in [0.15, 0.2) is 0 Å². The molecule has 0 spiro atoms. The number of thioether (sulfide) groups is 2. The average molecular weight is 194 g/mol. The van der Waals surface area contributed by atoms with Gasteiger partial charge in [-0.2, -0.15) is 23.5 Å². The molecule has 0 rings (SSSR count). The molecule has 0 aliphatic heterocycles. The number of rotatable bonds is 7. The lowest BCUT2D eigenvalue weighted by Crippen LogP contribution is -2.01. The minimum atomic E-state index is 0.328. The summed E-state index contributed by atoms with van der Waals surface area (Å²) in [6.07, 6.45) is 0.932. The van der Waals surface area contributed by atoms with Crippen molar-refractivity contribution in [3.8, 4) is 0 Å². The lowest BCUT2D eigenvalue weighted by Gasteiger charge is -2.07. The van der Waals surface area contributed by atoms with E-state index in [2.05, 4.69) is 13.8 Å². The number of aliphatic hydroxyl groups excluding tert-OH is 1. The minimum absolute atomic E-state index is 0.328. The maximum Gasteiger partial charge on any atom is 0.0441 e. The summed E-state index contributed by atoms with van der Waals surface area (Å²) in [7, 11) is 0. The molecular weight excluding hydrogens is 176 g/mol. The lowest BCUT2D eigenvalue weighted by atomic mass is 10.3. The fourth-order valence-corrected chi connectivity index (χ4v) is 2.54. The molecule has 0 aliphatic carbocycles. The van der Waals surface area contributed by atoms with Gasteiger partial charge in [0.15, 0.2) is 0 Å². The SMILES string of the molecule is CCSCCSC(C)CCO. The normalized spacial score (nSPS) is 13.4. The van der Waals surface area contributed by atoms with Crippen molar-refractivity contribution in [2.75, 3.05) is 23.9 Å². The molecule has 11 heavy (non-hydrogen) atoms. The largest absolute Gasteiger partial charge is 0.396 e. The minimum Gasteiger partial charge on any atom is -0.396 e. The fourth-order valence-electron chi connectivity index (χ4n) is 0.718. The molecular formula is C8H18OS2. The quantitative estimate of drug-likeness (QED) is 0.628. The van der Waals surface area contributed by atoms with Gasteiger partial charge < -0.3 is 5.11 Å². The summed E-state index contributed by atoms with van der Waals surface area (Å²) in [5.74, 6) is 3.69. The van der Waals surface area contributed by atoms with Gasteiger partial charge in [-0.25, -0.2) is 0 Å². The Bertz CT molecular complexity index is 78.5. The van der Waals surface area contributed by atoms with Gasteiger partial charge in [0.25, 0.3) is 0 Å². The molecule has 3 heteroatoms. The van der Waals surface area contributed by atoms with E-state index in [0.717, 1.165) is 6.42 Å². The summed E-state index contributed by atoms with van der Waals surface area (Å²) >= 11 is 3.94. The molecule has 0 radical (unpaired) electrons. The Balaban J connectivity index is 2.97. The molecule has 0 amide bonds. The van der Waals surface area contributed by atoms with E-state index in [-0.39, 0.29) is 0 Å². The maximum atomic E-state index is 8.62. The first-order chi connectivity index (χ1) is 5.31. The van der Waals surface area contributed by atoms with Crippen molar-refractivity contribution in [2.45, 2.75) is 25.5 Å². The molecule has 0 aromatic carbocycles. The number of hydrogen-bond donors (Lipinski definition) is 1. The summed E-state index contributed by atoms with van der Waals surface area (Å²) in [5, 5.41) is 9.24. The van der Waals surface area contributed by atoms with Crippen LogP contribution in [0.5, 0.6) is 0 Å². The molecule has 1 atom stereocenters. The van der Waals surface area contributed by atoms with Gasteiger partial charge >= 0.3 is 0 Å². The first kappa shape index (κ1) is 11.7. The first-order valence-electron chi connectivity index (χ1n) is 4.11. The Morgan fingerprint density at radius 2 is 2.09 bits per heavy atom. The highest BCUT2D eigenvalue weighted by molar-refractivity contribution is 8.03. The number of aliphatic hydroxyl groups is 1. The van der Waals surface area contributed by atoms with E-state index < -0.39 is 0 Å². The highest BCUT2D eigenvalue weighted by atomic mass is 32.2. The number of hydrogen-bond acceptors (Lipinski definition) is 3. The zero-order chi connectivity index (χ0) is 8.53. The van der Waals surface area contributed by atoms with Crippen molar-refractivity contribution in [3.05, 3.63) is 0 Å². The van der Waals surface area contributed by atoms with E-state index in [1.54, 1.807) is 0 Å². The van der Waals surface area contributed by atoms with E-state index in [0.29, 0.717) is 11.9 Å². The van der Waals surface area contributed by atoms with Crippen molar-refractivity contribution in [1.82, 2.24) is 0 Å². The van der Waals surface area contributed by atoms with Crippen LogP contribution in [-0.2, 0) is 0 Å². The van der Waals surface area contributed by atoms with Gasteiger partial charge in [0.05, 0.1) is 0 Å². The van der Waals surface area contributed by atoms with E-state index in [4.69, 9.17) is 5.11 Å². The van der Waals surface area contributed by atoms with Crippen LogP contribution in [-0.4, -0.2) is 34.2 Å². The van der Waals surface area contributed by atoms with Gasteiger partial charge in [0, 0.05) is 23.4 Å². The molecule has 0 fully saturated rings. The standard InChI is InChI=1S/C8H18OS2/c1-3-10-6-7-11-8(2)4-5-9/h8-9H,3-7H2,1-2H3. The van der Waals surface area contributed by atoms with E-state index in [1.165, 1.54) is 17.3 Å². The topological polar surface area (TPSA) is 20.2 Å². The Morgan fingerprint density at radius 1 is 1.36 bits per heavy atom. The van der Waals surface area contributed by atoms with Gasteiger partial charge in [-0.3, -0.25) is 0 Å². The third kappa shape index (κ3) is 8.57. The molecule has 1 unspecified atom stereocenters. The second-order valence-corrected chi connectivity index (χ2v) is 5.33. The van der Waals surface area contributed by atoms with E-state index >= 15 is 0 Å². The third-order valence-electron chi connectivity index (χ3n) is 1.37. The van der Waals surface area contributed by atoms with Gasteiger partial charge in [-0.1, -0.05) is 13.8 Å². The summed E-state index contributed by atoms with van der Waals surface area (Å²) in [4.78, 5) is 0. The zero-order valence-corrected chi connectivity index (χ0v) is 9.01. The summed E-state index contributed by atoms with van der Waals surface area (Å²) in [5.41, 5.74) is 0. The Labute approximate surface area is 78.3 Å². The Kier molecular flexibility index (Phi) is 9.28. The predicted molar refractivity (Wildman–Crippen MR) is 56.6 cm³/mol. The van der Waals surface area contributed by atoms with Gasteiger partial charge in [-0.05, 0) is 12.2 Å². The fraction of sp³-hybridized carbons (Fsp3) is 1.00. The van der Waals surface area contributed by atoms with Crippen LogP contribution in [0, 0.1) is 0 Å². The molecule has 0 bridgehead atoms. The molecule has 0 saturated heterocycles. The van der Waals surface area contributed by atoms with E-state index in [9.17, 15) is 0 Å². The molecule has 1 nitrogen and oxygen atoms in total. The van der Waals surface area contributed by atoms with Crippen molar-refractivity contribution >= 4 is 23.5 Å². The molecule has 0 aromatic heterocycles. The Hall–Kier alpha value is 0.660. The molecule has 0 aromatic rings. The lowest BCUT2D eigenvalue weighted by molar-refractivity contribution is 0.289. The van der Waals surface area contributed by atoms with Crippen molar-refractivity contribution in [3.63, 3.8) is 0 Å². The monoisotopic (exact) mass is 194 g/mol. The molecule has 0 heterocycles. The second kappa shape index (κ2) is 8.75. The van der Waals surface area contributed by atoms with Crippen LogP contribution in [0.1, 0.15) is 20.3 Å². The van der Waals surface area contributed by atoms with Crippen LogP contribution in [0.4, 0.5) is 0 Å². The van der Waals surface area contributed by atoms with Crippen molar-refractivity contribution in [2.24, 2.45) is 0 Å². The van der Waals surface area contributed by atoms with Crippen LogP contribution < -0.4 is 0 Å². The molecule has 1 N–H and O–H groups in total. The predicted octanol–water partition coefficient (Wildman–Crippen LogP) is 2.24. The second-order valence-electron chi connectivity index (χ2n) is 2.39. The summed E-state index contributed by atoms with van der Waals surface area (Å²) in [6, 6.07) is 0. The first-order valence-corrected chi connectivity index (χ1v) is 6.31. The van der Waals surface area contributed by atoms with Crippen LogP contribution >= 0.6 is 23.5 Å². The highest BCUT2D eigenvalue weighted by Gasteiger charge is 1.99. The van der Waals surface area contributed by atoms with Crippen molar-refractivity contribution < 1.29 is 5.11 Å². The van der Waals surface area contributed by atoms with Crippen LogP contribution in [0.2, 0.25) is 0 Å². The van der Waals surface area contributed by atoms with Gasteiger partial charge in [0.2, 0.25) is 0 Å². The summed E-state index contributed by atoms with van der Waals surface area (Å²) in [6.45, 7) is 4.69. The van der Waals surface area contributed by atoms with Crippen molar-refractivity contribution in [1.29, 1.82) is 0 Å². The average Bonchev–Trinajstić information content (AvgIpc) is 1.99. The van der Waals surface area contributed by atoms with E-state index in [1.807, 2.05) is 23.5 Å². The third-order valence-corrected chi connectivity index (χ3v) is 3.77. The zero-order valence-electron chi connectivity index (χ0n) is 7.38. The van der Waals surface area contributed by atoms with Crippen LogP contribution in [0.3, 0.4) is 0 Å². The highest BCUT2D eigenvalue weighted by Crippen LogP contribution is 2.15. The molecule has 0 saturated carbocycles. The maximum absolute atomic E-state index is 8.62. The van der Waals surface area contributed by atoms with Crippen LogP contribution in [0.25, 0.3) is 0 Å². The van der Waals surface area contributed by atoms with Gasteiger partial charge in [-0.15, -0.1) is 0 Å². The smallest absolute Gasteiger partial charge is 0.0441 e.